The number of fused-ring (bicyclic) bond motifs is 2. The second-order valence-corrected chi connectivity index (χ2v) is 6.76. The van der Waals surface area contributed by atoms with Crippen LogP contribution in [-0.2, 0) is 13.0 Å². The van der Waals surface area contributed by atoms with E-state index in [2.05, 4.69) is 39.1 Å². The summed E-state index contributed by atoms with van der Waals surface area (Å²) < 4.78 is 5.75. The van der Waals surface area contributed by atoms with Crippen LogP contribution in [0.2, 0.25) is 0 Å². The second-order valence-electron chi connectivity index (χ2n) is 6.76. The minimum atomic E-state index is -0.148. The van der Waals surface area contributed by atoms with Gasteiger partial charge in [0.05, 0.1) is 6.61 Å². The van der Waals surface area contributed by atoms with Gasteiger partial charge in [-0.2, -0.15) is 4.98 Å². The molecule has 134 valence electrons. The highest BCUT2D eigenvalue weighted by Crippen LogP contribution is 2.19. The number of ether oxygens (including phenoxy) is 1. The Kier molecular flexibility index (Phi) is 4.97. The van der Waals surface area contributed by atoms with Crippen LogP contribution in [0.1, 0.15) is 24.0 Å². The van der Waals surface area contributed by atoms with Crippen molar-refractivity contribution in [1.82, 2.24) is 14.9 Å². The van der Waals surface area contributed by atoms with E-state index in [9.17, 15) is 4.79 Å². The minimum absolute atomic E-state index is 0.148. The summed E-state index contributed by atoms with van der Waals surface area (Å²) in [6.07, 6.45) is 3.24. The summed E-state index contributed by atoms with van der Waals surface area (Å²) >= 11 is 0. The quantitative estimate of drug-likeness (QED) is 0.695. The van der Waals surface area contributed by atoms with Crippen molar-refractivity contribution in [3.8, 4) is 5.88 Å². The maximum Gasteiger partial charge on any atom is 0.249 e. The molecule has 0 atom stereocenters. The largest absolute Gasteiger partial charge is 0.478 e. The van der Waals surface area contributed by atoms with Crippen LogP contribution in [0.25, 0.3) is 11.0 Å². The molecule has 4 rings (SSSR count). The first-order valence-corrected chi connectivity index (χ1v) is 9.20. The smallest absolute Gasteiger partial charge is 0.249 e. The number of benzene rings is 1. The topological polar surface area (TPSA) is 58.2 Å². The predicted molar refractivity (Wildman–Crippen MR) is 103 cm³/mol. The van der Waals surface area contributed by atoms with Gasteiger partial charge in [0.2, 0.25) is 11.4 Å². The first kappa shape index (κ1) is 16.8. The summed E-state index contributed by atoms with van der Waals surface area (Å²) in [7, 11) is 0. The molecule has 1 aliphatic rings. The maximum absolute atomic E-state index is 11.4. The fourth-order valence-corrected chi connectivity index (χ4v) is 3.45. The summed E-state index contributed by atoms with van der Waals surface area (Å²) in [6, 6.07) is 15.8. The lowest BCUT2D eigenvalue weighted by Crippen LogP contribution is -2.31. The summed E-state index contributed by atoms with van der Waals surface area (Å²) in [6.45, 7) is 3.92. The Morgan fingerprint density at radius 2 is 1.88 bits per heavy atom. The number of nitrogens with one attached hydrogen (secondary N) is 1. The Balaban J connectivity index is 1.23. The highest BCUT2D eigenvalue weighted by atomic mass is 16.5. The number of unbranched alkanes of at least 4 members (excludes halogenated alkanes) is 1. The molecule has 26 heavy (non-hydrogen) atoms. The Morgan fingerprint density at radius 1 is 1.04 bits per heavy atom. The molecule has 3 aromatic rings. The van der Waals surface area contributed by atoms with Crippen molar-refractivity contribution in [2.45, 2.75) is 25.8 Å². The molecule has 0 amide bonds. The molecule has 5 heteroatoms. The zero-order valence-corrected chi connectivity index (χ0v) is 14.8. The van der Waals surface area contributed by atoms with E-state index in [1.54, 1.807) is 6.07 Å². The van der Waals surface area contributed by atoms with Crippen LogP contribution in [0.4, 0.5) is 0 Å². The molecule has 0 aliphatic carbocycles. The Hall–Kier alpha value is -2.66. The predicted octanol–water partition coefficient (Wildman–Crippen LogP) is 3.14. The molecule has 0 fully saturated rings. The number of aromatic amines is 1. The van der Waals surface area contributed by atoms with E-state index in [0.717, 1.165) is 44.3 Å². The van der Waals surface area contributed by atoms with Crippen molar-refractivity contribution < 1.29 is 4.74 Å². The minimum Gasteiger partial charge on any atom is -0.478 e. The number of aromatic nitrogens is 2. The lowest BCUT2D eigenvalue weighted by molar-refractivity contribution is 0.233. The SMILES string of the molecule is O=c1ccc2ccc(OCCCCN3CCc4ccccc4C3)nc2[nH]1. The van der Waals surface area contributed by atoms with Crippen molar-refractivity contribution in [3.05, 3.63) is 70.0 Å². The third-order valence-electron chi connectivity index (χ3n) is 4.89. The van der Waals surface area contributed by atoms with Crippen LogP contribution in [0.15, 0.2) is 53.3 Å². The van der Waals surface area contributed by atoms with Gasteiger partial charge in [-0.3, -0.25) is 9.69 Å². The van der Waals surface area contributed by atoms with Gasteiger partial charge in [-0.1, -0.05) is 24.3 Å². The van der Waals surface area contributed by atoms with Crippen LogP contribution in [0, 0.1) is 0 Å². The van der Waals surface area contributed by atoms with Crippen LogP contribution >= 0.6 is 0 Å². The van der Waals surface area contributed by atoms with Gasteiger partial charge in [-0.05, 0) is 49.1 Å². The van der Waals surface area contributed by atoms with Gasteiger partial charge in [0.25, 0.3) is 0 Å². The number of hydrogen-bond acceptors (Lipinski definition) is 4. The molecule has 2 aromatic heterocycles. The lowest BCUT2D eigenvalue weighted by atomic mass is 10.00. The molecule has 0 saturated carbocycles. The van der Waals surface area contributed by atoms with Crippen molar-refractivity contribution in [2.24, 2.45) is 0 Å². The van der Waals surface area contributed by atoms with E-state index in [0.29, 0.717) is 18.1 Å². The molecule has 1 aromatic carbocycles. The van der Waals surface area contributed by atoms with Gasteiger partial charge in [-0.15, -0.1) is 0 Å². The number of rotatable bonds is 6. The van der Waals surface area contributed by atoms with E-state index in [1.165, 1.54) is 17.2 Å². The molecular weight excluding hydrogens is 326 g/mol. The molecule has 1 N–H and O–H groups in total. The number of hydrogen-bond donors (Lipinski definition) is 1. The molecule has 5 nitrogen and oxygen atoms in total. The molecule has 0 radical (unpaired) electrons. The standard InChI is InChI=1S/C21H23N3O2/c25-19-9-7-17-8-10-20(23-21(17)22-19)26-14-4-3-12-24-13-11-16-5-1-2-6-18(16)15-24/h1-2,5-10H,3-4,11-15H2,(H,22,23,25). The first-order chi connectivity index (χ1) is 12.8. The average molecular weight is 349 g/mol. The van der Waals surface area contributed by atoms with Crippen LogP contribution in [0.3, 0.4) is 0 Å². The van der Waals surface area contributed by atoms with Crippen molar-refractivity contribution >= 4 is 11.0 Å². The normalized spacial score (nSPS) is 14.3. The van der Waals surface area contributed by atoms with Gasteiger partial charge < -0.3 is 9.72 Å². The number of nitrogens with zero attached hydrogens (tertiary/aromatic N) is 2. The first-order valence-electron chi connectivity index (χ1n) is 9.20. The second kappa shape index (κ2) is 7.70. The molecule has 1 aliphatic heterocycles. The molecule has 0 saturated heterocycles. The lowest BCUT2D eigenvalue weighted by Gasteiger charge is -2.28. The molecule has 0 unspecified atom stereocenters. The molecule has 0 bridgehead atoms. The zero-order valence-electron chi connectivity index (χ0n) is 14.8. The summed E-state index contributed by atoms with van der Waals surface area (Å²) in [5.41, 5.74) is 3.38. The average Bonchev–Trinajstić information content (AvgIpc) is 2.67. The monoisotopic (exact) mass is 349 g/mol. The number of H-pyrrole nitrogens is 1. The maximum atomic E-state index is 11.4. The van der Waals surface area contributed by atoms with E-state index in [1.807, 2.05) is 12.1 Å². The van der Waals surface area contributed by atoms with Gasteiger partial charge >= 0.3 is 0 Å². The Bertz CT molecular complexity index is 951. The van der Waals surface area contributed by atoms with Crippen LogP contribution in [-0.4, -0.2) is 34.6 Å². The Labute approximate surface area is 152 Å². The van der Waals surface area contributed by atoms with E-state index < -0.39 is 0 Å². The van der Waals surface area contributed by atoms with Crippen LogP contribution < -0.4 is 10.3 Å². The third kappa shape index (κ3) is 3.94. The molecule has 0 spiro atoms. The number of pyridine rings is 2. The van der Waals surface area contributed by atoms with Crippen molar-refractivity contribution in [3.63, 3.8) is 0 Å². The fourth-order valence-electron chi connectivity index (χ4n) is 3.45. The van der Waals surface area contributed by atoms with E-state index in [-0.39, 0.29) is 5.56 Å². The molecule has 3 heterocycles. The van der Waals surface area contributed by atoms with Gasteiger partial charge in [0.1, 0.15) is 5.65 Å². The zero-order chi connectivity index (χ0) is 17.8. The van der Waals surface area contributed by atoms with E-state index >= 15 is 0 Å². The highest BCUT2D eigenvalue weighted by molar-refractivity contribution is 5.74. The van der Waals surface area contributed by atoms with Crippen molar-refractivity contribution in [2.75, 3.05) is 19.7 Å². The van der Waals surface area contributed by atoms with Crippen LogP contribution in [0.5, 0.6) is 5.88 Å². The van der Waals surface area contributed by atoms with E-state index in [4.69, 9.17) is 4.74 Å². The van der Waals surface area contributed by atoms with Gasteiger partial charge in [0, 0.05) is 30.6 Å². The fraction of sp³-hybridized carbons (Fsp3) is 0.333. The summed E-state index contributed by atoms with van der Waals surface area (Å²) in [4.78, 5) is 21.0. The molecular formula is C21H23N3O2. The Morgan fingerprint density at radius 3 is 2.81 bits per heavy atom. The van der Waals surface area contributed by atoms with Crippen molar-refractivity contribution in [1.29, 1.82) is 0 Å². The highest BCUT2D eigenvalue weighted by Gasteiger charge is 2.14. The van der Waals surface area contributed by atoms with Gasteiger partial charge in [0.15, 0.2) is 0 Å². The summed E-state index contributed by atoms with van der Waals surface area (Å²) in [5, 5.41) is 0.905. The summed E-state index contributed by atoms with van der Waals surface area (Å²) in [5.74, 6) is 0.561. The van der Waals surface area contributed by atoms with Gasteiger partial charge in [-0.25, -0.2) is 0 Å². The third-order valence-corrected chi connectivity index (χ3v) is 4.89.